The summed E-state index contributed by atoms with van der Waals surface area (Å²) >= 11 is 0. The maximum atomic E-state index is 7.57. The molecule has 0 bridgehead atoms. The molecule has 0 heterocycles. The van der Waals surface area contributed by atoms with Gasteiger partial charge in [-0.05, 0) is 6.92 Å². The number of hydrogen-bond donors (Lipinski definition) is 1. The minimum Gasteiger partial charge on any atom is -1.00 e. The first kappa shape index (κ1) is 36.1. The Morgan fingerprint density at radius 3 is 1.14 bits per heavy atom. The normalized spacial score (nSPS) is 2.57. The van der Waals surface area contributed by atoms with Crippen molar-refractivity contribution in [2.45, 2.75) is 6.92 Å². The number of aliphatic hydroxyl groups is 1. The minimum atomic E-state index is 0. The van der Waals surface area contributed by atoms with Crippen molar-refractivity contribution in [3.63, 3.8) is 0 Å². The molecule has 49 valence electrons. The molecule has 0 spiro atoms. The molecule has 0 amide bonds. The second kappa shape index (κ2) is 43.7. The van der Waals surface area contributed by atoms with E-state index in [2.05, 4.69) is 0 Å². The predicted octanol–water partition coefficient (Wildman–Crippen LogP) is -8.99. The Kier molecular flexibility index (Phi) is 225. The number of hydrogen-bond acceptors (Lipinski definition) is 1. The van der Waals surface area contributed by atoms with Crippen LogP contribution in [0.25, 0.3) is 0 Å². The molecule has 0 aliphatic carbocycles. The fraction of sp³-hybridized carbons (Fsp3) is 1.00. The number of halogens is 3. The summed E-state index contributed by atoms with van der Waals surface area (Å²) in [6, 6.07) is 0. The third-order valence-electron chi connectivity index (χ3n) is 0. The number of rotatable bonds is 0. The standard InChI is InChI=1S/C2H6O.3BrH.V/c1-2-3;;;;/h3H,2H2,1H3;3*1H;/p-3. The van der Waals surface area contributed by atoms with Crippen LogP contribution in [0.1, 0.15) is 6.92 Å². The van der Waals surface area contributed by atoms with Crippen LogP contribution >= 0.6 is 0 Å². The second-order valence-electron chi connectivity index (χ2n) is 0.316. The molecule has 1 radical (unpaired) electrons. The molecule has 0 aromatic carbocycles. The zero-order valence-corrected chi connectivity index (χ0v) is 9.89. The van der Waals surface area contributed by atoms with Crippen molar-refractivity contribution in [3.05, 3.63) is 0 Å². The SMILES string of the molecule is CCO.[Br-].[Br-].[Br-].[V]. The fourth-order valence-corrected chi connectivity index (χ4v) is 0. The first-order valence-corrected chi connectivity index (χ1v) is 1.02. The smallest absolute Gasteiger partial charge is 0.0402 e. The molecular formula is C2H6Br3OV-3. The molecule has 0 rings (SSSR count). The Morgan fingerprint density at radius 1 is 1.14 bits per heavy atom. The van der Waals surface area contributed by atoms with Crippen LogP contribution in [-0.2, 0) is 18.6 Å². The van der Waals surface area contributed by atoms with E-state index in [4.69, 9.17) is 5.11 Å². The summed E-state index contributed by atoms with van der Waals surface area (Å²) in [4.78, 5) is 0. The molecular weight excluding hydrogens is 331 g/mol. The average molecular weight is 337 g/mol. The van der Waals surface area contributed by atoms with Crippen molar-refractivity contribution in [2.24, 2.45) is 0 Å². The van der Waals surface area contributed by atoms with Gasteiger partial charge in [0.2, 0.25) is 0 Å². The van der Waals surface area contributed by atoms with E-state index < -0.39 is 0 Å². The van der Waals surface area contributed by atoms with E-state index in [1.165, 1.54) is 0 Å². The van der Waals surface area contributed by atoms with Gasteiger partial charge in [0.05, 0.1) is 0 Å². The molecule has 0 unspecified atom stereocenters. The quantitative estimate of drug-likeness (QED) is 0.466. The topological polar surface area (TPSA) is 20.2 Å². The third kappa shape index (κ3) is 72.6. The van der Waals surface area contributed by atoms with Gasteiger partial charge < -0.3 is 56.1 Å². The summed E-state index contributed by atoms with van der Waals surface area (Å²) in [7, 11) is 0. The van der Waals surface area contributed by atoms with Crippen molar-refractivity contribution < 1.29 is 74.6 Å². The van der Waals surface area contributed by atoms with E-state index in [0.29, 0.717) is 0 Å². The Hall–Kier alpha value is 1.98. The molecule has 7 heavy (non-hydrogen) atoms. The van der Waals surface area contributed by atoms with Crippen molar-refractivity contribution in [1.29, 1.82) is 0 Å². The van der Waals surface area contributed by atoms with E-state index in [0.717, 1.165) is 0 Å². The van der Waals surface area contributed by atoms with Gasteiger partial charge in [0, 0.05) is 25.2 Å². The fourth-order valence-electron chi connectivity index (χ4n) is 0. The number of aliphatic hydroxyl groups excluding tert-OH is 1. The predicted molar refractivity (Wildman–Crippen MR) is 12.8 cm³/mol. The molecule has 0 aromatic heterocycles. The summed E-state index contributed by atoms with van der Waals surface area (Å²) < 4.78 is 0. The zero-order chi connectivity index (χ0) is 2.71. The zero-order valence-electron chi connectivity index (χ0n) is 3.74. The summed E-state index contributed by atoms with van der Waals surface area (Å²) in [5.74, 6) is 0. The first-order chi connectivity index (χ1) is 1.41. The summed E-state index contributed by atoms with van der Waals surface area (Å²) in [5, 5.41) is 7.57. The largest absolute Gasteiger partial charge is 1.00 e. The Morgan fingerprint density at radius 2 is 1.14 bits per heavy atom. The molecule has 0 aromatic rings. The van der Waals surface area contributed by atoms with E-state index in [9.17, 15) is 0 Å². The van der Waals surface area contributed by atoms with Gasteiger partial charge in [-0.25, -0.2) is 0 Å². The van der Waals surface area contributed by atoms with Gasteiger partial charge in [0.1, 0.15) is 0 Å². The molecule has 1 nitrogen and oxygen atoms in total. The third-order valence-corrected chi connectivity index (χ3v) is 0. The van der Waals surface area contributed by atoms with Crippen LogP contribution in [-0.4, -0.2) is 11.7 Å². The van der Waals surface area contributed by atoms with Crippen molar-refractivity contribution in [3.8, 4) is 0 Å². The molecule has 5 heteroatoms. The Labute approximate surface area is 87.4 Å². The van der Waals surface area contributed by atoms with Gasteiger partial charge in [-0.1, -0.05) is 0 Å². The van der Waals surface area contributed by atoms with Gasteiger partial charge in [-0.3, -0.25) is 0 Å². The summed E-state index contributed by atoms with van der Waals surface area (Å²) in [6.07, 6.45) is 0. The molecule has 0 fully saturated rings. The molecule has 0 atom stereocenters. The molecule has 0 saturated carbocycles. The first-order valence-electron chi connectivity index (χ1n) is 1.02. The van der Waals surface area contributed by atoms with Crippen LogP contribution < -0.4 is 50.9 Å². The average Bonchev–Trinajstić information content (AvgIpc) is 0.918. The Bertz CT molecular complexity index is 12.9. The van der Waals surface area contributed by atoms with Crippen LogP contribution in [0.15, 0.2) is 0 Å². The van der Waals surface area contributed by atoms with Crippen LogP contribution in [0.3, 0.4) is 0 Å². The molecule has 0 aliphatic heterocycles. The van der Waals surface area contributed by atoms with Crippen molar-refractivity contribution >= 4 is 0 Å². The maximum Gasteiger partial charge on any atom is 0.0402 e. The maximum absolute atomic E-state index is 7.57. The minimum absolute atomic E-state index is 0. The molecule has 1 N–H and O–H groups in total. The van der Waals surface area contributed by atoms with E-state index in [1.807, 2.05) is 0 Å². The van der Waals surface area contributed by atoms with Crippen LogP contribution in [0, 0.1) is 0 Å². The van der Waals surface area contributed by atoms with Crippen LogP contribution in [0.2, 0.25) is 0 Å². The van der Waals surface area contributed by atoms with Gasteiger partial charge in [0.15, 0.2) is 0 Å². The summed E-state index contributed by atoms with van der Waals surface area (Å²) in [5.41, 5.74) is 0. The van der Waals surface area contributed by atoms with E-state index >= 15 is 0 Å². The summed E-state index contributed by atoms with van der Waals surface area (Å²) in [6.45, 7) is 1.93. The van der Waals surface area contributed by atoms with Gasteiger partial charge in [0.25, 0.3) is 0 Å². The Balaban J connectivity index is -0.00000000333. The van der Waals surface area contributed by atoms with Crippen LogP contribution in [0.4, 0.5) is 0 Å². The molecule has 0 saturated heterocycles. The van der Waals surface area contributed by atoms with E-state index in [-0.39, 0.29) is 76.1 Å². The van der Waals surface area contributed by atoms with E-state index in [1.54, 1.807) is 6.92 Å². The monoisotopic (exact) mass is 334 g/mol. The van der Waals surface area contributed by atoms with Gasteiger partial charge in [-0.15, -0.1) is 0 Å². The van der Waals surface area contributed by atoms with Crippen LogP contribution in [0.5, 0.6) is 0 Å². The van der Waals surface area contributed by atoms with Gasteiger partial charge >= 0.3 is 0 Å². The van der Waals surface area contributed by atoms with Gasteiger partial charge in [-0.2, -0.15) is 0 Å². The van der Waals surface area contributed by atoms with Crippen molar-refractivity contribution in [1.82, 2.24) is 0 Å². The molecule has 0 aliphatic rings. The second-order valence-corrected chi connectivity index (χ2v) is 0.316. The van der Waals surface area contributed by atoms with Crippen molar-refractivity contribution in [2.75, 3.05) is 6.61 Å².